The number of carbonyl (C=O) groups excluding carboxylic acids is 1. The second-order valence-electron chi connectivity index (χ2n) is 9.37. The molecule has 0 aromatic carbocycles. The number of nitrogens with zero attached hydrogens (tertiary/aromatic N) is 2. The molecule has 2 aromatic rings. The van der Waals surface area contributed by atoms with Crippen LogP contribution >= 0.6 is 0 Å². The Bertz CT molecular complexity index is 1090. The predicted molar refractivity (Wildman–Crippen MR) is 108 cm³/mol. The van der Waals surface area contributed by atoms with Gasteiger partial charge in [0.25, 0.3) is 11.5 Å². The molecule has 154 valence electrons. The predicted octanol–water partition coefficient (Wildman–Crippen LogP) is 2.45. The maximum atomic E-state index is 13.1. The van der Waals surface area contributed by atoms with Gasteiger partial charge in [0.2, 0.25) is 0 Å². The topological polar surface area (TPSA) is 96.3 Å². The molecule has 1 unspecified atom stereocenters. The fraction of sp³-hybridized carbons (Fsp3) is 0.545. The van der Waals surface area contributed by atoms with Gasteiger partial charge in [0.1, 0.15) is 11.6 Å². The smallest absolute Gasteiger partial charge is 0.289 e. The minimum absolute atomic E-state index is 0.0649. The van der Waals surface area contributed by atoms with E-state index in [1.165, 1.54) is 12.1 Å². The molecule has 29 heavy (non-hydrogen) atoms. The average molecular weight is 397 g/mol. The summed E-state index contributed by atoms with van der Waals surface area (Å²) in [6, 6.07) is 2.62. The van der Waals surface area contributed by atoms with E-state index < -0.39 is 0 Å². The Labute approximate surface area is 169 Å². The second-order valence-corrected chi connectivity index (χ2v) is 9.37. The monoisotopic (exact) mass is 397 g/mol. The summed E-state index contributed by atoms with van der Waals surface area (Å²) >= 11 is 0. The summed E-state index contributed by atoms with van der Waals surface area (Å²) in [6.07, 6.45) is 3.18. The van der Waals surface area contributed by atoms with Gasteiger partial charge < -0.3 is 14.3 Å². The number of aromatic amines is 1. The lowest BCUT2D eigenvalue weighted by Gasteiger charge is -2.40. The van der Waals surface area contributed by atoms with Crippen LogP contribution in [0.2, 0.25) is 0 Å². The number of piperidine rings is 1. The van der Waals surface area contributed by atoms with Gasteiger partial charge in [0, 0.05) is 41.6 Å². The highest BCUT2D eigenvalue weighted by Crippen LogP contribution is 2.43. The van der Waals surface area contributed by atoms with Crippen LogP contribution in [0.5, 0.6) is 0 Å². The van der Waals surface area contributed by atoms with Gasteiger partial charge in [-0.15, -0.1) is 0 Å². The summed E-state index contributed by atoms with van der Waals surface area (Å²) in [4.78, 5) is 47.1. The summed E-state index contributed by atoms with van der Waals surface area (Å²) < 4.78 is 5.51. The molecule has 0 bridgehead atoms. The number of hydrogen-bond acceptors (Lipinski definition) is 5. The molecule has 0 saturated carbocycles. The third-order valence-electron chi connectivity index (χ3n) is 6.05. The highest BCUT2D eigenvalue weighted by atomic mass is 16.3. The zero-order valence-electron chi connectivity index (χ0n) is 17.4. The van der Waals surface area contributed by atoms with Crippen molar-refractivity contribution in [1.29, 1.82) is 0 Å². The fourth-order valence-electron chi connectivity index (χ4n) is 4.57. The Morgan fingerprint density at radius 2 is 2.00 bits per heavy atom. The van der Waals surface area contributed by atoms with Crippen LogP contribution in [-0.2, 0) is 17.3 Å². The molecule has 1 saturated heterocycles. The van der Waals surface area contributed by atoms with Gasteiger partial charge in [0.15, 0.2) is 11.2 Å². The Balaban J connectivity index is 1.71. The number of likely N-dealkylation sites (tertiary alicyclic amines) is 1. The third-order valence-corrected chi connectivity index (χ3v) is 6.05. The quantitative estimate of drug-likeness (QED) is 0.797. The van der Waals surface area contributed by atoms with Gasteiger partial charge >= 0.3 is 0 Å². The highest BCUT2D eigenvalue weighted by Gasteiger charge is 2.46. The largest absolute Gasteiger partial charge is 0.456 e. The van der Waals surface area contributed by atoms with Crippen molar-refractivity contribution in [2.75, 3.05) is 13.1 Å². The van der Waals surface area contributed by atoms with Crippen molar-refractivity contribution in [3.8, 4) is 0 Å². The van der Waals surface area contributed by atoms with Gasteiger partial charge in [-0.2, -0.15) is 0 Å². The van der Waals surface area contributed by atoms with Gasteiger partial charge in [-0.3, -0.25) is 14.4 Å². The molecule has 1 fully saturated rings. The van der Waals surface area contributed by atoms with Crippen molar-refractivity contribution in [3.05, 3.63) is 61.3 Å². The van der Waals surface area contributed by atoms with Crippen molar-refractivity contribution in [2.24, 2.45) is 0 Å². The normalized spacial score (nSPS) is 21.4. The lowest BCUT2D eigenvalue weighted by molar-refractivity contribution is 0.0597. The van der Waals surface area contributed by atoms with Gasteiger partial charge in [-0.1, -0.05) is 20.8 Å². The standard InChI is InChI=1S/C22H27N3O4/c1-13-10-14(26)11-16(29-13)19(28)25-9-5-7-22(12-25)8-6-15-17(22)23-20(21(2,3)4)24-18(15)27/h10-11H,5-9,12H2,1-4H3,(H,23,24,27). The SMILES string of the molecule is Cc1cc(=O)cc(C(=O)N2CCCC3(CCc4c3nc(C(C)(C)C)[nH]c4=O)C2)o1. The van der Waals surface area contributed by atoms with Crippen LogP contribution in [0.4, 0.5) is 0 Å². The molecule has 2 aromatic heterocycles. The lowest BCUT2D eigenvalue weighted by atomic mass is 9.77. The minimum Gasteiger partial charge on any atom is -0.456 e. The zero-order valence-corrected chi connectivity index (χ0v) is 17.4. The first-order valence-corrected chi connectivity index (χ1v) is 10.1. The molecule has 3 heterocycles. The van der Waals surface area contributed by atoms with E-state index in [0.29, 0.717) is 31.1 Å². The van der Waals surface area contributed by atoms with Crippen molar-refractivity contribution < 1.29 is 9.21 Å². The minimum atomic E-state index is -0.318. The van der Waals surface area contributed by atoms with E-state index in [4.69, 9.17) is 9.40 Å². The maximum absolute atomic E-state index is 13.1. The number of amides is 1. The van der Waals surface area contributed by atoms with Crippen molar-refractivity contribution in [2.45, 2.75) is 64.2 Å². The molecule has 0 radical (unpaired) electrons. The molecule has 1 amide bonds. The number of nitrogens with one attached hydrogen (secondary N) is 1. The molecule has 2 aliphatic rings. The number of fused-ring (bicyclic) bond motifs is 2. The molecule has 7 nitrogen and oxygen atoms in total. The lowest BCUT2D eigenvalue weighted by Crippen LogP contribution is -2.48. The Morgan fingerprint density at radius 3 is 2.69 bits per heavy atom. The van der Waals surface area contributed by atoms with Crippen LogP contribution in [-0.4, -0.2) is 33.9 Å². The number of H-pyrrole nitrogens is 1. The van der Waals surface area contributed by atoms with Gasteiger partial charge in [-0.25, -0.2) is 4.98 Å². The molecule has 7 heteroatoms. The van der Waals surface area contributed by atoms with Crippen LogP contribution in [0, 0.1) is 6.92 Å². The summed E-state index contributed by atoms with van der Waals surface area (Å²) in [7, 11) is 0. The summed E-state index contributed by atoms with van der Waals surface area (Å²) in [5, 5.41) is 0. The summed E-state index contributed by atoms with van der Waals surface area (Å²) in [5.74, 6) is 0.885. The number of hydrogen-bond donors (Lipinski definition) is 1. The second kappa shape index (κ2) is 6.68. The van der Waals surface area contributed by atoms with E-state index in [1.807, 2.05) is 20.8 Å². The van der Waals surface area contributed by atoms with Crippen LogP contribution in [0.25, 0.3) is 0 Å². The molecule has 1 N–H and O–H groups in total. The van der Waals surface area contributed by atoms with Crippen molar-refractivity contribution in [1.82, 2.24) is 14.9 Å². The Hall–Kier alpha value is -2.70. The number of rotatable bonds is 1. The van der Waals surface area contributed by atoms with Crippen LogP contribution < -0.4 is 11.0 Å². The first-order valence-electron chi connectivity index (χ1n) is 10.1. The van der Waals surface area contributed by atoms with Crippen LogP contribution in [0.1, 0.15) is 73.4 Å². The number of carbonyl (C=O) groups is 1. The summed E-state index contributed by atoms with van der Waals surface area (Å²) in [6.45, 7) is 8.81. The van der Waals surface area contributed by atoms with Crippen LogP contribution in [0.15, 0.2) is 26.1 Å². The first kappa shape index (κ1) is 19.6. The summed E-state index contributed by atoms with van der Waals surface area (Å²) in [5.41, 5.74) is 0.695. The first-order chi connectivity index (χ1) is 13.6. The average Bonchev–Trinajstić information content (AvgIpc) is 2.98. The van der Waals surface area contributed by atoms with E-state index in [2.05, 4.69) is 4.98 Å². The zero-order chi connectivity index (χ0) is 21.0. The Kier molecular flexibility index (Phi) is 4.52. The molecular weight excluding hydrogens is 370 g/mol. The third kappa shape index (κ3) is 3.43. The molecule has 4 rings (SSSR count). The van der Waals surface area contributed by atoms with E-state index in [1.54, 1.807) is 11.8 Å². The number of aromatic nitrogens is 2. The Morgan fingerprint density at radius 1 is 1.24 bits per heavy atom. The highest BCUT2D eigenvalue weighted by molar-refractivity contribution is 5.91. The maximum Gasteiger partial charge on any atom is 0.289 e. The van der Waals surface area contributed by atoms with Gasteiger partial charge in [0.05, 0.1) is 5.69 Å². The van der Waals surface area contributed by atoms with Gasteiger partial charge in [-0.05, 0) is 32.6 Å². The number of aryl methyl sites for hydroxylation is 1. The van der Waals surface area contributed by atoms with E-state index in [-0.39, 0.29) is 33.5 Å². The van der Waals surface area contributed by atoms with E-state index >= 15 is 0 Å². The molecule has 1 aliphatic heterocycles. The van der Waals surface area contributed by atoms with Crippen LogP contribution in [0.3, 0.4) is 0 Å². The fourth-order valence-corrected chi connectivity index (χ4v) is 4.57. The van der Waals surface area contributed by atoms with E-state index in [0.717, 1.165) is 30.5 Å². The van der Waals surface area contributed by atoms with Crippen molar-refractivity contribution >= 4 is 5.91 Å². The molecule has 1 spiro atoms. The molecular formula is C22H27N3O4. The molecule has 1 aliphatic carbocycles. The van der Waals surface area contributed by atoms with E-state index in [9.17, 15) is 14.4 Å². The molecule has 1 atom stereocenters. The van der Waals surface area contributed by atoms with Crippen molar-refractivity contribution in [3.63, 3.8) is 0 Å².